The number of thiazole rings is 1. The molecule has 14 heavy (non-hydrogen) atoms. The minimum Gasteiger partial charge on any atom is -0.374 e. The zero-order valence-corrected chi connectivity index (χ0v) is 9.17. The predicted molar refractivity (Wildman–Crippen MR) is 57.4 cm³/mol. The van der Waals surface area contributed by atoms with E-state index in [1.165, 1.54) is 4.88 Å². The van der Waals surface area contributed by atoms with E-state index in [0.717, 1.165) is 19.3 Å². The molecule has 0 amide bonds. The monoisotopic (exact) mass is 212 g/mol. The third-order valence-electron chi connectivity index (χ3n) is 2.66. The lowest BCUT2D eigenvalue weighted by molar-refractivity contribution is 0.0406. The summed E-state index contributed by atoms with van der Waals surface area (Å²) in [6.07, 6.45) is 5.65. The van der Waals surface area contributed by atoms with E-state index in [9.17, 15) is 0 Å². The molecule has 0 bridgehead atoms. The Bertz CT molecular complexity index is 276. The lowest BCUT2D eigenvalue weighted by Crippen LogP contribution is -2.36. The van der Waals surface area contributed by atoms with Crippen molar-refractivity contribution >= 4 is 11.3 Å². The van der Waals surface area contributed by atoms with Crippen LogP contribution >= 0.6 is 11.3 Å². The highest BCUT2D eigenvalue weighted by molar-refractivity contribution is 7.09. The van der Waals surface area contributed by atoms with Crippen LogP contribution in [0.15, 0.2) is 11.7 Å². The number of rotatable bonds is 3. The molecule has 1 aliphatic heterocycles. The molecule has 1 aromatic rings. The number of hydrogen-bond acceptors (Lipinski definition) is 4. The quantitative estimate of drug-likeness (QED) is 0.827. The maximum Gasteiger partial charge on any atom is 0.0794 e. The molecule has 4 heteroatoms. The molecule has 3 unspecified atom stereocenters. The van der Waals surface area contributed by atoms with Crippen molar-refractivity contribution in [2.45, 2.75) is 44.4 Å². The van der Waals surface area contributed by atoms with Crippen LogP contribution in [-0.2, 0) is 11.2 Å². The number of aromatic nitrogens is 1. The molecule has 3 atom stereocenters. The second kappa shape index (κ2) is 4.38. The fraction of sp³-hybridized carbons (Fsp3) is 0.700. The summed E-state index contributed by atoms with van der Waals surface area (Å²) < 4.78 is 5.73. The largest absolute Gasteiger partial charge is 0.374 e. The Hall–Kier alpha value is -0.450. The van der Waals surface area contributed by atoms with E-state index in [1.807, 2.05) is 11.7 Å². The highest BCUT2D eigenvalue weighted by atomic mass is 32.1. The number of nitrogens with two attached hydrogens (primary N) is 1. The molecule has 1 aromatic heterocycles. The highest BCUT2D eigenvalue weighted by Crippen LogP contribution is 2.23. The summed E-state index contributed by atoms with van der Waals surface area (Å²) in [6, 6.07) is 0.125. The minimum atomic E-state index is 0.125. The average Bonchev–Trinajstić information content (AvgIpc) is 2.75. The van der Waals surface area contributed by atoms with E-state index in [-0.39, 0.29) is 12.1 Å². The van der Waals surface area contributed by atoms with Gasteiger partial charge in [-0.05, 0) is 19.8 Å². The second-order valence-electron chi connectivity index (χ2n) is 3.90. The van der Waals surface area contributed by atoms with Crippen molar-refractivity contribution in [3.63, 3.8) is 0 Å². The van der Waals surface area contributed by atoms with Gasteiger partial charge in [0.05, 0.1) is 17.7 Å². The smallest absolute Gasteiger partial charge is 0.0794 e. The van der Waals surface area contributed by atoms with E-state index >= 15 is 0 Å². The summed E-state index contributed by atoms with van der Waals surface area (Å²) in [4.78, 5) is 5.29. The van der Waals surface area contributed by atoms with Crippen LogP contribution in [0.5, 0.6) is 0 Å². The maximum absolute atomic E-state index is 6.09. The molecule has 1 saturated heterocycles. The molecule has 1 fully saturated rings. The topological polar surface area (TPSA) is 48.1 Å². The first-order valence-electron chi connectivity index (χ1n) is 5.04. The summed E-state index contributed by atoms with van der Waals surface area (Å²) in [6.45, 7) is 2.11. The summed E-state index contributed by atoms with van der Waals surface area (Å²) >= 11 is 1.66. The summed E-state index contributed by atoms with van der Waals surface area (Å²) in [5, 5.41) is 0. The Balaban J connectivity index is 1.87. The lowest BCUT2D eigenvalue weighted by Gasteiger charge is -2.18. The summed E-state index contributed by atoms with van der Waals surface area (Å²) in [5.41, 5.74) is 7.93. The molecule has 2 N–H and O–H groups in total. The van der Waals surface area contributed by atoms with Gasteiger partial charge in [-0.3, -0.25) is 4.98 Å². The van der Waals surface area contributed by atoms with Crippen molar-refractivity contribution in [3.05, 3.63) is 16.6 Å². The van der Waals surface area contributed by atoms with E-state index in [4.69, 9.17) is 10.5 Å². The molecule has 3 nitrogen and oxygen atoms in total. The average molecular weight is 212 g/mol. The van der Waals surface area contributed by atoms with Crippen molar-refractivity contribution in [1.82, 2.24) is 4.98 Å². The summed E-state index contributed by atoms with van der Waals surface area (Å²) in [5.74, 6) is 0. The fourth-order valence-electron chi connectivity index (χ4n) is 1.86. The zero-order valence-electron chi connectivity index (χ0n) is 8.35. The standard InChI is InChI=1S/C10H16N2OS/c1-7-2-3-10(13-7)9(11)4-8-5-12-6-14-8/h5-7,9-10H,2-4,11H2,1H3. The van der Waals surface area contributed by atoms with Crippen LogP contribution in [0.25, 0.3) is 0 Å². The van der Waals surface area contributed by atoms with Gasteiger partial charge in [0.1, 0.15) is 0 Å². The normalized spacial score (nSPS) is 29.3. The van der Waals surface area contributed by atoms with Gasteiger partial charge < -0.3 is 10.5 Å². The van der Waals surface area contributed by atoms with Crippen LogP contribution in [0, 0.1) is 0 Å². The first-order valence-corrected chi connectivity index (χ1v) is 5.92. The van der Waals surface area contributed by atoms with Gasteiger partial charge in [0.15, 0.2) is 0 Å². The zero-order chi connectivity index (χ0) is 9.97. The lowest BCUT2D eigenvalue weighted by atomic mass is 10.0. The van der Waals surface area contributed by atoms with Crippen LogP contribution in [-0.4, -0.2) is 23.2 Å². The highest BCUT2D eigenvalue weighted by Gasteiger charge is 2.27. The molecule has 0 radical (unpaired) electrons. The van der Waals surface area contributed by atoms with E-state index < -0.39 is 0 Å². The first kappa shape index (κ1) is 10.1. The Morgan fingerprint density at radius 3 is 3.14 bits per heavy atom. The predicted octanol–water partition coefficient (Wildman–Crippen LogP) is 1.58. The van der Waals surface area contributed by atoms with E-state index in [2.05, 4.69) is 11.9 Å². The minimum absolute atomic E-state index is 0.125. The van der Waals surface area contributed by atoms with Gasteiger partial charge in [0.2, 0.25) is 0 Å². The first-order chi connectivity index (χ1) is 6.75. The van der Waals surface area contributed by atoms with Gasteiger partial charge in [0.25, 0.3) is 0 Å². The Kier molecular flexibility index (Phi) is 3.15. The third kappa shape index (κ3) is 2.32. The van der Waals surface area contributed by atoms with Crippen molar-refractivity contribution < 1.29 is 4.74 Å². The van der Waals surface area contributed by atoms with Gasteiger partial charge in [-0.2, -0.15) is 0 Å². The molecular formula is C10H16N2OS. The Morgan fingerprint density at radius 1 is 1.71 bits per heavy atom. The number of nitrogens with zero attached hydrogens (tertiary/aromatic N) is 1. The van der Waals surface area contributed by atoms with Crippen molar-refractivity contribution in [2.75, 3.05) is 0 Å². The van der Waals surface area contributed by atoms with Crippen molar-refractivity contribution in [1.29, 1.82) is 0 Å². The third-order valence-corrected chi connectivity index (χ3v) is 3.46. The van der Waals surface area contributed by atoms with E-state index in [0.29, 0.717) is 6.10 Å². The van der Waals surface area contributed by atoms with Crippen molar-refractivity contribution in [3.8, 4) is 0 Å². The van der Waals surface area contributed by atoms with Gasteiger partial charge in [0, 0.05) is 23.5 Å². The van der Waals surface area contributed by atoms with Gasteiger partial charge in [-0.15, -0.1) is 11.3 Å². The summed E-state index contributed by atoms with van der Waals surface area (Å²) in [7, 11) is 0. The van der Waals surface area contributed by atoms with Gasteiger partial charge in [-0.1, -0.05) is 0 Å². The van der Waals surface area contributed by atoms with Crippen LogP contribution in [0.4, 0.5) is 0 Å². The molecular weight excluding hydrogens is 196 g/mol. The SMILES string of the molecule is CC1CCC(C(N)Cc2cncs2)O1. The molecule has 2 heterocycles. The molecule has 0 aromatic carbocycles. The molecule has 78 valence electrons. The molecule has 0 spiro atoms. The van der Waals surface area contributed by atoms with Gasteiger partial charge >= 0.3 is 0 Å². The van der Waals surface area contributed by atoms with Crippen molar-refractivity contribution in [2.24, 2.45) is 5.73 Å². The second-order valence-corrected chi connectivity index (χ2v) is 4.87. The molecule has 0 saturated carbocycles. The van der Waals surface area contributed by atoms with E-state index in [1.54, 1.807) is 11.3 Å². The Morgan fingerprint density at radius 2 is 2.57 bits per heavy atom. The van der Waals surface area contributed by atoms with Crippen LogP contribution in [0.2, 0.25) is 0 Å². The number of hydrogen-bond donors (Lipinski definition) is 1. The number of ether oxygens (including phenoxy) is 1. The maximum atomic E-state index is 6.09. The molecule has 2 rings (SSSR count). The van der Waals surface area contributed by atoms with Crippen LogP contribution in [0.3, 0.4) is 0 Å². The van der Waals surface area contributed by atoms with Crippen LogP contribution in [0.1, 0.15) is 24.6 Å². The fourth-order valence-corrected chi connectivity index (χ4v) is 2.52. The molecule has 0 aliphatic carbocycles. The van der Waals surface area contributed by atoms with Gasteiger partial charge in [-0.25, -0.2) is 0 Å². The molecule has 1 aliphatic rings. The van der Waals surface area contributed by atoms with Crippen LogP contribution < -0.4 is 5.73 Å². The Labute approximate surface area is 88.3 Å².